The van der Waals surface area contributed by atoms with Crippen LogP contribution in [-0.2, 0) is 16.0 Å². The summed E-state index contributed by atoms with van der Waals surface area (Å²) >= 11 is 1.58. The van der Waals surface area contributed by atoms with Gasteiger partial charge in [0.1, 0.15) is 0 Å². The smallest absolute Gasteiger partial charge is 0.311 e. The van der Waals surface area contributed by atoms with Crippen molar-refractivity contribution in [3.05, 3.63) is 11.1 Å². The lowest BCUT2D eigenvalue weighted by atomic mass is 9.84. The molecule has 3 saturated heterocycles. The lowest BCUT2D eigenvalue weighted by Crippen LogP contribution is -2.53. The highest BCUT2D eigenvalue weighted by molar-refractivity contribution is 7.13. The van der Waals surface area contributed by atoms with E-state index in [1.807, 2.05) is 12.3 Å². The highest BCUT2D eigenvalue weighted by Crippen LogP contribution is 2.30. The molecular weight excluding hydrogens is 274 g/mol. The van der Waals surface area contributed by atoms with Gasteiger partial charge in [0, 0.05) is 18.0 Å². The molecule has 0 radical (unpaired) electrons. The SMILES string of the molecule is CCOC(=O)Cc1csc(NC2CN3CCC2CC3)n1. The van der Waals surface area contributed by atoms with E-state index in [2.05, 4.69) is 15.2 Å². The summed E-state index contributed by atoms with van der Waals surface area (Å²) in [5, 5.41) is 6.43. The number of anilines is 1. The van der Waals surface area contributed by atoms with Gasteiger partial charge in [-0.2, -0.15) is 0 Å². The Morgan fingerprint density at radius 1 is 1.55 bits per heavy atom. The first-order valence-electron chi connectivity index (χ1n) is 7.33. The molecule has 20 heavy (non-hydrogen) atoms. The normalized spacial score (nSPS) is 28.4. The van der Waals surface area contributed by atoms with Gasteiger partial charge < -0.3 is 15.0 Å². The van der Waals surface area contributed by atoms with Gasteiger partial charge in [0.2, 0.25) is 0 Å². The van der Waals surface area contributed by atoms with Crippen LogP contribution in [-0.4, -0.2) is 48.1 Å². The van der Waals surface area contributed by atoms with Crippen molar-refractivity contribution >= 4 is 22.4 Å². The number of ether oxygens (including phenoxy) is 1. The molecule has 4 heterocycles. The number of rotatable bonds is 5. The maximum atomic E-state index is 11.4. The molecule has 110 valence electrons. The van der Waals surface area contributed by atoms with Crippen LogP contribution in [0.5, 0.6) is 0 Å². The zero-order valence-electron chi connectivity index (χ0n) is 11.8. The first-order chi connectivity index (χ1) is 9.74. The third-order valence-electron chi connectivity index (χ3n) is 4.15. The fourth-order valence-corrected chi connectivity index (χ4v) is 3.87. The van der Waals surface area contributed by atoms with Gasteiger partial charge in [0.15, 0.2) is 5.13 Å². The van der Waals surface area contributed by atoms with Crippen molar-refractivity contribution in [2.75, 3.05) is 31.6 Å². The molecule has 6 heteroatoms. The van der Waals surface area contributed by atoms with E-state index in [0.717, 1.165) is 23.3 Å². The van der Waals surface area contributed by atoms with E-state index in [-0.39, 0.29) is 12.4 Å². The van der Waals surface area contributed by atoms with Crippen LogP contribution >= 0.6 is 11.3 Å². The van der Waals surface area contributed by atoms with E-state index in [0.29, 0.717) is 12.6 Å². The molecule has 4 rings (SSSR count). The van der Waals surface area contributed by atoms with Crippen molar-refractivity contribution in [2.45, 2.75) is 32.2 Å². The van der Waals surface area contributed by atoms with Crippen molar-refractivity contribution in [2.24, 2.45) is 5.92 Å². The number of nitrogens with one attached hydrogen (secondary N) is 1. The number of esters is 1. The highest BCUT2D eigenvalue weighted by atomic mass is 32.1. The number of hydrogen-bond acceptors (Lipinski definition) is 6. The van der Waals surface area contributed by atoms with Gasteiger partial charge in [0.05, 0.1) is 18.7 Å². The lowest BCUT2D eigenvalue weighted by Gasteiger charge is -2.44. The number of fused-ring (bicyclic) bond motifs is 3. The predicted octanol–water partition coefficient (Wildman–Crippen LogP) is 1.75. The summed E-state index contributed by atoms with van der Waals surface area (Å²) in [5.41, 5.74) is 0.803. The Balaban J connectivity index is 1.56. The first-order valence-corrected chi connectivity index (χ1v) is 8.21. The fraction of sp³-hybridized carbons (Fsp3) is 0.714. The number of hydrogen-bond donors (Lipinski definition) is 1. The largest absolute Gasteiger partial charge is 0.466 e. The molecule has 3 fully saturated rings. The van der Waals surface area contributed by atoms with Crippen LogP contribution in [0.4, 0.5) is 5.13 Å². The van der Waals surface area contributed by atoms with Crippen molar-refractivity contribution < 1.29 is 9.53 Å². The Bertz CT molecular complexity index is 469. The van der Waals surface area contributed by atoms with Crippen molar-refractivity contribution in [1.29, 1.82) is 0 Å². The molecule has 3 aliphatic heterocycles. The molecule has 0 aromatic carbocycles. The molecule has 1 N–H and O–H groups in total. The summed E-state index contributed by atoms with van der Waals surface area (Å²) in [6.07, 6.45) is 2.85. The molecule has 1 aromatic rings. The quantitative estimate of drug-likeness (QED) is 0.839. The van der Waals surface area contributed by atoms with Gasteiger partial charge >= 0.3 is 5.97 Å². The van der Waals surface area contributed by atoms with E-state index in [4.69, 9.17) is 4.74 Å². The second-order valence-electron chi connectivity index (χ2n) is 5.51. The van der Waals surface area contributed by atoms with Crippen LogP contribution < -0.4 is 5.32 Å². The predicted molar refractivity (Wildman–Crippen MR) is 79.0 cm³/mol. The standard InChI is InChI=1S/C14H21N3O2S/c1-2-19-13(18)7-11-9-20-14(15-11)16-12-8-17-5-3-10(12)4-6-17/h9-10,12H,2-8H2,1H3,(H,15,16). The van der Waals surface area contributed by atoms with Crippen LogP contribution in [0.1, 0.15) is 25.5 Å². The monoisotopic (exact) mass is 295 g/mol. The van der Waals surface area contributed by atoms with Crippen LogP contribution in [0, 0.1) is 5.92 Å². The molecular formula is C14H21N3O2S. The van der Waals surface area contributed by atoms with E-state index < -0.39 is 0 Å². The Morgan fingerprint density at radius 2 is 2.35 bits per heavy atom. The Hall–Kier alpha value is -1.14. The third kappa shape index (κ3) is 3.12. The third-order valence-corrected chi connectivity index (χ3v) is 4.97. The van der Waals surface area contributed by atoms with Crippen LogP contribution in [0.3, 0.4) is 0 Å². The minimum absolute atomic E-state index is 0.202. The minimum Gasteiger partial charge on any atom is -0.466 e. The first kappa shape index (κ1) is 13.8. The highest BCUT2D eigenvalue weighted by Gasteiger charge is 2.34. The molecule has 0 spiro atoms. The average Bonchev–Trinajstić information content (AvgIpc) is 2.87. The topological polar surface area (TPSA) is 54.5 Å². The summed E-state index contributed by atoms with van der Waals surface area (Å²) in [7, 11) is 0. The second-order valence-corrected chi connectivity index (χ2v) is 6.37. The molecule has 5 nitrogen and oxygen atoms in total. The van der Waals surface area contributed by atoms with Crippen LogP contribution in [0.25, 0.3) is 0 Å². The van der Waals surface area contributed by atoms with Gasteiger partial charge in [-0.15, -0.1) is 11.3 Å². The Labute approximate surface area is 123 Å². The van der Waals surface area contributed by atoms with E-state index in [1.165, 1.54) is 25.9 Å². The molecule has 3 aliphatic rings. The van der Waals surface area contributed by atoms with Crippen LogP contribution in [0.15, 0.2) is 5.38 Å². The Morgan fingerprint density at radius 3 is 3.00 bits per heavy atom. The summed E-state index contributed by atoms with van der Waals surface area (Å²) in [6.45, 7) is 5.86. The van der Waals surface area contributed by atoms with E-state index in [9.17, 15) is 4.79 Å². The fourth-order valence-electron chi connectivity index (χ4n) is 3.10. The van der Waals surface area contributed by atoms with Crippen molar-refractivity contribution in [1.82, 2.24) is 9.88 Å². The maximum absolute atomic E-state index is 11.4. The van der Waals surface area contributed by atoms with Crippen LogP contribution in [0.2, 0.25) is 0 Å². The van der Waals surface area contributed by atoms with Crippen molar-refractivity contribution in [3.63, 3.8) is 0 Å². The molecule has 0 amide bonds. The maximum Gasteiger partial charge on any atom is 0.311 e. The van der Waals surface area contributed by atoms with Gasteiger partial charge in [0.25, 0.3) is 0 Å². The molecule has 0 aliphatic carbocycles. The molecule has 2 bridgehead atoms. The van der Waals surface area contributed by atoms with Gasteiger partial charge in [-0.05, 0) is 38.8 Å². The number of nitrogens with zero attached hydrogens (tertiary/aromatic N) is 2. The molecule has 1 atom stereocenters. The van der Waals surface area contributed by atoms with Gasteiger partial charge in [-0.3, -0.25) is 4.79 Å². The van der Waals surface area contributed by atoms with E-state index >= 15 is 0 Å². The Kier molecular flexibility index (Phi) is 4.21. The molecule has 0 saturated carbocycles. The van der Waals surface area contributed by atoms with Gasteiger partial charge in [-0.1, -0.05) is 0 Å². The number of carbonyl (C=O) groups is 1. The van der Waals surface area contributed by atoms with Gasteiger partial charge in [-0.25, -0.2) is 4.98 Å². The number of carbonyl (C=O) groups excluding carboxylic acids is 1. The summed E-state index contributed by atoms with van der Waals surface area (Å²) in [6, 6.07) is 0.513. The second kappa shape index (κ2) is 6.10. The summed E-state index contributed by atoms with van der Waals surface area (Å²) < 4.78 is 4.94. The molecule has 1 unspecified atom stereocenters. The van der Waals surface area contributed by atoms with E-state index in [1.54, 1.807) is 11.3 Å². The number of aromatic nitrogens is 1. The van der Waals surface area contributed by atoms with Crippen molar-refractivity contribution in [3.8, 4) is 0 Å². The molecule has 1 aromatic heterocycles. The minimum atomic E-state index is -0.202. The zero-order chi connectivity index (χ0) is 13.9. The average molecular weight is 295 g/mol. The summed E-state index contributed by atoms with van der Waals surface area (Å²) in [4.78, 5) is 18.4. The summed E-state index contributed by atoms with van der Waals surface area (Å²) in [5.74, 6) is 0.574. The number of piperidine rings is 3. The number of thiazole rings is 1. The zero-order valence-corrected chi connectivity index (χ0v) is 12.6. The lowest BCUT2D eigenvalue weighted by molar-refractivity contribution is -0.142.